The molecular weight excluding hydrogens is 384 g/mol. The number of nitrogens with one attached hydrogen (secondary N) is 3. The van der Waals surface area contributed by atoms with Crippen LogP contribution in [0.1, 0.15) is 25.7 Å². The molecule has 1 amide bonds. The second kappa shape index (κ2) is 7.74. The van der Waals surface area contributed by atoms with Gasteiger partial charge in [0.25, 0.3) is 0 Å². The van der Waals surface area contributed by atoms with Crippen LogP contribution in [0.4, 0.5) is 23.0 Å². The Morgan fingerprint density at radius 2 is 2.10 bits per heavy atom. The number of fused-ring (bicyclic) bond motifs is 2. The Labute approximate surface area is 173 Å². The highest BCUT2D eigenvalue weighted by atomic mass is 16.6. The maximum Gasteiger partial charge on any atom is 0.224 e. The molecular formula is C21H24N6O3. The number of carbonyl (C=O) groups is 1. The van der Waals surface area contributed by atoms with Crippen molar-refractivity contribution < 1.29 is 14.3 Å². The number of aromatic nitrogens is 3. The number of carbonyl (C=O) groups excluding carboxylic acids is 1. The van der Waals surface area contributed by atoms with Crippen LogP contribution < -0.4 is 25.4 Å². The van der Waals surface area contributed by atoms with Gasteiger partial charge in [-0.15, -0.1) is 0 Å². The van der Waals surface area contributed by atoms with Crippen LogP contribution >= 0.6 is 0 Å². The predicted molar refractivity (Wildman–Crippen MR) is 114 cm³/mol. The zero-order valence-electron chi connectivity index (χ0n) is 16.8. The van der Waals surface area contributed by atoms with Crippen LogP contribution in [-0.2, 0) is 4.79 Å². The van der Waals surface area contributed by atoms with Gasteiger partial charge >= 0.3 is 0 Å². The van der Waals surface area contributed by atoms with E-state index in [0.29, 0.717) is 54.2 Å². The van der Waals surface area contributed by atoms with Crippen LogP contribution in [0.3, 0.4) is 0 Å². The van der Waals surface area contributed by atoms with Crippen molar-refractivity contribution in [2.75, 3.05) is 36.2 Å². The van der Waals surface area contributed by atoms with Gasteiger partial charge in [-0.1, -0.05) is 12.5 Å². The number of ether oxygens (including phenoxy) is 2. The van der Waals surface area contributed by atoms with Crippen LogP contribution in [0, 0.1) is 5.92 Å². The molecule has 1 aromatic carbocycles. The topological polar surface area (TPSA) is 102 Å². The maximum absolute atomic E-state index is 12.4. The van der Waals surface area contributed by atoms with E-state index in [4.69, 9.17) is 14.5 Å². The van der Waals surface area contributed by atoms with Crippen molar-refractivity contribution in [1.29, 1.82) is 0 Å². The molecule has 0 atom stereocenters. The minimum atomic E-state index is 0.00319. The molecule has 0 saturated heterocycles. The molecule has 1 saturated carbocycles. The lowest BCUT2D eigenvalue weighted by Gasteiger charge is -2.24. The summed E-state index contributed by atoms with van der Waals surface area (Å²) in [6.45, 7) is 1.03. The molecule has 9 heteroatoms. The third-order valence-electron chi connectivity index (χ3n) is 5.53. The molecule has 1 aliphatic heterocycles. The van der Waals surface area contributed by atoms with E-state index in [0.717, 1.165) is 24.3 Å². The monoisotopic (exact) mass is 408 g/mol. The van der Waals surface area contributed by atoms with Gasteiger partial charge in [0, 0.05) is 19.5 Å². The molecule has 0 spiro atoms. The minimum Gasteiger partial charge on any atom is -0.486 e. The average molecular weight is 408 g/mol. The van der Waals surface area contributed by atoms with Crippen molar-refractivity contribution in [3.05, 3.63) is 30.5 Å². The Morgan fingerprint density at radius 1 is 1.23 bits per heavy atom. The van der Waals surface area contributed by atoms with E-state index in [1.807, 2.05) is 31.3 Å². The molecule has 2 aliphatic rings. The van der Waals surface area contributed by atoms with E-state index in [1.54, 1.807) is 10.7 Å². The number of hydrogen-bond donors (Lipinski definition) is 3. The van der Waals surface area contributed by atoms with Crippen LogP contribution in [0.2, 0.25) is 0 Å². The molecule has 9 nitrogen and oxygen atoms in total. The van der Waals surface area contributed by atoms with E-state index in [2.05, 4.69) is 21.0 Å². The molecule has 3 N–H and O–H groups in total. The molecule has 30 heavy (non-hydrogen) atoms. The number of rotatable bonds is 6. The molecule has 3 heterocycles. The fourth-order valence-electron chi connectivity index (χ4n) is 3.76. The van der Waals surface area contributed by atoms with Crippen LogP contribution in [0.25, 0.3) is 5.65 Å². The quantitative estimate of drug-likeness (QED) is 0.574. The Morgan fingerprint density at radius 3 is 2.90 bits per heavy atom. The van der Waals surface area contributed by atoms with Gasteiger partial charge in [-0.25, -0.2) is 4.98 Å². The van der Waals surface area contributed by atoms with Crippen molar-refractivity contribution in [2.24, 2.45) is 5.92 Å². The molecule has 5 rings (SSSR count). The van der Waals surface area contributed by atoms with Crippen molar-refractivity contribution in [2.45, 2.75) is 25.7 Å². The Hall–Kier alpha value is -3.49. The van der Waals surface area contributed by atoms with Gasteiger partial charge in [0.2, 0.25) is 5.91 Å². The zero-order chi connectivity index (χ0) is 20.5. The lowest BCUT2D eigenvalue weighted by molar-refractivity contribution is -0.117. The van der Waals surface area contributed by atoms with Gasteiger partial charge in [0.05, 0.1) is 11.9 Å². The highest BCUT2D eigenvalue weighted by Crippen LogP contribution is 2.39. The Kier molecular flexibility index (Phi) is 4.78. The number of para-hydroxylation sites is 1. The third-order valence-corrected chi connectivity index (χ3v) is 5.53. The summed E-state index contributed by atoms with van der Waals surface area (Å²) in [7, 11) is 1.82. The van der Waals surface area contributed by atoms with E-state index < -0.39 is 0 Å². The fourth-order valence-corrected chi connectivity index (χ4v) is 3.76. The Balaban J connectivity index is 1.45. The number of anilines is 4. The van der Waals surface area contributed by atoms with Crippen LogP contribution in [0.15, 0.2) is 30.5 Å². The maximum atomic E-state index is 12.4. The zero-order valence-corrected chi connectivity index (χ0v) is 16.8. The summed E-state index contributed by atoms with van der Waals surface area (Å²) in [5, 5.41) is 13.8. The number of benzene rings is 1. The number of hydrogen-bond acceptors (Lipinski definition) is 7. The normalized spacial score (nSPS) is 15.5. The molecule has 1 fully saturated rings. The first-order valence-corrected chi connectivity index (χ1v) is 10.2. The predicted octanol–water partition coefficient (Wildman–Crippen LogP) is 3.41. The second-order valence-electron chi connectivity index (χ2n) is 7.57. The Bertz CT molecular complexity index is 1090. The van der Waals surface area contributed by atoms with Gasteiger partial charge in [0.1, 0.15) is 30.5 Å². The number of amides is 1. The van der Waals surface area contributed by atoms with Crippen molar-refractivity contribution >= 4 is 34.6 Å². The summed E-state index contributed by atoms with van der Waals surface area (Å²) >= 11 is 0. The highest BCUT2D eigenvalue weighted by Gasteiger charge is 2.22. The molecule has 2 aromatic heterocycles. The third kappa shape index (κ3) is 3.47. The summed E-state index contributed by atoms with van der Waals surface area (Å²) in [6.07, 6.45) is 5.65. The van der Waals surface area contributed by atoms with Gasteiger partial charge in [0.15, 0.2) is 17.1 Å². The number of nitrogens with zero attached hydrogens (tertiary/aromatic N) is 3. The lowest BCUT2D eigenvalue weighted by atomic mass is 9.83. The summed E-state index contributed by atoms with van der Waals surface area (Å²) in [6, 6.07) is 7.54. The smallest absolute Gasteiger partial charge is 0.224 e. The molecule has 156 valence electrons. The van der Waals surface area contributed by atoms with Gasteiger partial charge in [-0.2, -0.15) is 9.61 Å². The van der Waals surface area contributed by atoms with Crippen LogP contribution in [0.5, 0.6) is 11.5 Å². The lowest BCUT2D eigenvalue weighted by Crippen LogP contribution is -2.20. The first-order chi connectivity index (χ1) is 14.7. The van der Waals surface area contributed by atoms with Gasteiger partial charge in [-0.05, 0) is 30.9 Å². The summed E-state index contributed by atoms with van der Waals surface area (Å²) in [5.74, 6) is 3.21. The minimum absolute atomic E-state index is 0.00319. The van der Waals surface area contributed by atoms with E-state index >= 15 is 0 Å². The van der Waals surface area contributed by atoms with E-state index in [-0.39, 0.29) is 5.91 Å². The highest BCUT2D eigenvalue weighted by molar-refractivity contribution is 5.94. The van der Waals surface area contributed by atoms with Gasteiger partial charge < -0.3 is 25.4 Å². The fraction of sp³-hybridized carbons (Fsp3) is 0.381. The summed E-state index contributed by atoms with van der Waals surface area (Å²) in [5.41, 5.74) is 1.92. The van der Waals surface area contributed by atoms with E-state index in [9.17, 15) is 4.79 Å². The standard InChI is InChI=1S/C21H24N6O3/c1-22-18-11-17(24-14-6-3-7-16-20(14)30-9-8-29-16)26-21-15(12-23-27(18)21)25-19(28)10-13-4-2-5-13/h3,6-7,11-13,22H,2,4-5,8-10H2,1H3,(H,24,26)(H,25,28). The molecule has 0 unspecified atom stereocenters. The summed E-state index contributed by atoms with van der Waals surface area (Å²) in [4.78, 5) is 17.1. The first-order valence-electron chi connectivity index (χ1n) is 10.2. The van der Waals surface area contributed by atoms with Gasteiger partial charge in [-0.3, -0.25) is 4.79 Å². The molecule has 0 radical (unpaired) electrons. The summed E-state index contributed by atoms with van der Waals surface area (Å²) < 4.78 is 13.1. The second-order valence-corrected chi connectivity index (χ2v) is 7.57. The first kappa shape index (κ1) is 18.5. The SMILES string of the molecule is CNc1cc(Nc2cccc3c2OCCO3)nc2c(NC(=O)CC3CCC3)cnn12. The average Bonchev–Trinajstić information content (AvgIpc) is 3.13. The van der Waals surface area contributed by atoms with Crippen molar-refractivity contribution in [1.82, 2.24) is 14.6 Å². The largest absolute Gasteiger partial charge is 0.486 e. The van der Waals surface area contributed by atoms with E-state index in [1.165, 1.54) is 6.42 Å². The van der Waals surface area contributed by atoms with Crippen LogP contribution in [-0.4, -0.2) is 40.8 Å². The molecule has 0 bridgehead atoms. The molecule has 1 aliphatic carbocycles. The van der Waals surface area contributed by atoms with Crippen molar-refractivity contribution in [3.63, 3.8) is 0 Å². The van der Waals surface area contributed by atoms with Crippen molar-refractivity contribution in [3.8, 4) is 11.5 Å². The molecule has 3 aromatic rings.